The Kier molecular flexibility index (Phi) is 3.03. The van der Waals surface area contributed by atoms with Crippen molar-refractivity contribution in [1.82, 2.24) is 4.98 Å². The van der Waals surface area contributed by atoms with Crippen LogP contribution >= 0.6 is 27.3 Å². The molecule has 0 saturated carbocycles. The van der Waals surface area contributed by atoms with E-state index in [9.17, 15) is 9.18 Å². The molecule has 5 heteroatoms. The highest BCUT2D eigenvalue weighted by Gasteiger charge is 2.29. The summed E-state index contributed by atoms with van der Waals surface area (Å²) >= 11 is 4.68. The lowest BCUT2D eigenvalue weighted by atomic mass is 9.84. The van der Waals surface area contributed by atoms with Gasteiger partial charge in [-0.2, -0.15) is 0 Å². The van der Waals surface area contributed by atoms with Crippen LogP contribution < -0.4 is 0 Å². The van der Waals surface area contributed by atoms with Crippen LogP contribution in [0.4, 0.5) is 4.39 Å². The third-order valence-electron chi connectivity index (χ3n) is 3.12. The molecule has 2 aromatic rings. The van der Waals surface area contributed by atoms with Gasteiger partial charge in [-0.1, -0.05) is 12.1 Å². The lowest BCUT2D eigenvalue weighted by Gasteiger charge is -2.20. The highest BCUT2D eigenvalue weighted by Crippen LogP contribution is 2.36. The van der Waals surface area contributed by atoms with Crippen LogP contribution in [0.15, 0.2) is 28.2 Å². The predicted octanol–water partition coefficient (Wildman–Crippen LogP) is 3.96. The normalized spacial score (nSPS) is 18.8. The Labute approximate surface area is 116 Å². The topological polar surface area (TPSA) is 30.0 Å². The van der Waals surface area contributed by atoms with E-state index in [0.717, 1.165) is 20.1 Å². The van der Waals surface area contributed by atoms with Crippen molar-refractivity contribution in [2.45, 2.75) is 18.8 Å². The molecule has 18 heavy (non-hydrogen) atoms. The highest BCUT2D eigenvalue weighted by molar-refractivity contribution is 9.11. The standard InChI is InChI=1S/C13H9BrFNOS/c14-13-16-10-5-8(6-11(17)12(10)18-13)7-2-1-3-9(15)4-7/h1-4,8H,5-6H2. The lowest BCUT2D eigenvalue weighted by Crippen LogP contribution is -2.17. The molecule has 1 unspecified atom stereocenters. The molecule has 1 aromatic carbocycles. The summed E-state index contributed by atoms with van der Waals surface area (Å²) in [6.07, 6.45) is 1.14. The molecule has 1 aromatic heterocycles. The molecule has 0 spiro atoms. The van der Waals surface area contributed by atoms with Crippen molar-refractivity contribution in [2.75, 3.05) is 0 Å². The number of thiazole rings is 1. The molecule has 0 N–H and O–H groups in total. The van der Waals surface area contributed by atoms with E-state index in [2.05, 4.69) is 20.9 Å². The first kappa shape index (κ1) is 12.0. The van der Waals surface area contributed by atoms with Gasteiger partial charge in [0.25, 0.3) is 0 Å². The number of rotatable bonds is 1. The largest absolute Gasteiger partial charge is 0.293 e. The van der Waals surface area contributed by atoms with E-state index < -0.39 is 0 Å². The van der Waals surface area contributed by atoms with Crippen LogP contribution in [0.25, 0.3) is 0 Å². The number of hydrogen-bond donors (Lipinski definition) is 0. The quantitative estimate of drug-likeness (QED) is 0.794. The summed E-state index contributed by atoms with van der Waals surface area (Å²) in [5, 5.41) is 0. The molecule has 0 aliphatic heterocycles. The molecule has 0 saturated heterocycles. The fourth-order valence-corrected chi connectivity index (χ4v) is 3.77. The van der Waals surface area contributed by atoms with Crippen LogP contribution in [0.2, 0.25) is 0 Å². The van der Waals surface area contributed by atoms with E-state index in [4.69, 9.17) is 0 Å². The minimum absolute atomic E-state index is 0.0368. The third-order valence-corrected chi connectivity index (χ3v) is 4.71. The first-order valence-corrected chi connectivity index (χ1v) is 7.18. The van der Waals surface area contributed by atoms with E-state index in [1.54, 1.807) is 6.07 Å². The molecule has 1 atom stereocenters. The Balaban J connectivity index is 1.96. The Morgan fingerprint density at radius 3 is 3.00 bits per heavy atom. The second-order valence-corrected chi connectivity index (χ2v) is 6.60. The van der Waals surface area contributed by atoms with E-state index in [-0.39, 0.29) is 17.5 Å². The van der Waals surface area contributed by atoms with Gasteiger partial charge in [-0.05, 0) is 46.0 Å². The van der Waals surface area contributed by atoms with Gasteiger partial charge in [0.15, 0.2) is 9.70 Å². The third kappa shape index (κ3) is 2.12. The van der Waals surface area contributed by atoms with E-state index >= 15 is 0 Å². The first-order chi connectivity index (χ1) is 8.63. The van der Waals surface area contributed by atoms with Gasteiger partial charge in [0.05, 0.1) is 10.6 Å². The number of carbonyl (C=O) groups is 1. The smallest absolute Gasteiger partial charge is 0.175 e. The van der Waals surface area contributed by atoms with Crippen molar-refractivity contribution in [3.63, 3.8) is 0 Å². The van der Waals surface area contributed by atoms with Gasteiger partial charge in [-0.25, -0.2) is 9.37 Å². The zero-order valence-electron chi connectivity index (χ0n) is 9.32. The maximum atomic E-state index is 13.2. The van der Waals surface area contributed by atoms with Crippen molar-refractivity contribution in [2.24, 2.45) is 0 Å². The fraction of sp³-hybridized carbons (Fsp3) is 0.231. The number of ketones is 1. The van der Waals surface area contributed by atoms with Gasteiger partial charge in [-0.15, -0.1) is 11.3 Å². The summed E-state index contributed by atoms with van der Waals surface area (Å²) < 4.78 is 14.0. The van der Waals surface area contributed by atoms with Gasteiger partial charge in [0.2, 0.25) is 0 Å². The molecule has 0 amide bonds. The minimum Gasteiger partial charge on any atom is -0.293 e. The second kappa shape index (κ2) is 4.55. The zero-order chi connectivity index (χ0) is 12.7. The average Bonchev–Trinajstić information content (AvgIpc) is 2.70. The molecule has 0 radical (unpaired) electrons. The number of nitrogens with zero attached hydrogens (tertiary/aromatic N) is 1. The predicted molar refractivity (Wildman–Crippen MR) is 71.6 cm³/mol. The number of halogens is 2. The molecule has 0 bridgehead atoms. The molecular formula is C13H9BrFNOS. The van der Waals surface area contributed by atoms with Gasteiger partial charge < -0.3 is 0 Å². The maximum absolute atomic E-state index is 13.2. The van der Waals surface area contributed by atoms with Crippen molar-refractivity contribution < 1.29 is 9.18 Å². The summed E-state index contributed by atoms with van der Waals surface area (Å²) in [6.45, 7) is 0. The summed E-state index contributed by atoms with van der Waals surface area (Å²) in [4.78, 5) is 17.1. The van der Waals surface area contributed by atoms with Gasteiger partial charge in [0, 0.05) is 6.42 Å². The number of fused-ring (bicyclic) bond motifs is 1. The molecule has 92 valence electrons. The monoisotopic (exact) mass is 325 g/mol. The molecule has 0 fully saturated rings. The van der Waals surface area contributed by atoms with Gasteiger partial charge in [0.1, 0.15) is 5.82 Å². The number of hydrogen-bond acceptors (Lipinski definition) is 3. The lowest BCUT2D eigenvalue weighted by molar-refractivity contribution is 0.0968. The van der Waals surface area contributed by atoms with Crippen LogP contribution in [0.1, 0.15) is 33.3 Å². The van der Waals surface area contributed by atoms with Crippen LogP contribution in [0.5, 0.6) is 0 Å². The molecular weight excluding hydrogens is 317 g/mol. The van der Waals surface area contributed by atoms with E-state index in [0.29, 0.717) is 12.8 Å². The summed E-state index contributed by atoms with van der Waals surface area (Å²) in [5.74, 6) is -0.117. The van der Waals surface area contributed by atoms with Gasteiger partial charge in [-0.3, -0.25) is 4.79 Å². The number of aromatic nitrogens is 1. The van der Waals surface area contributed by atoms with Crippen LogP contribution in [0.3, 0.4) is 0 Å². The Bertz CT molecular complexity index is 625. The molecule has 2 nitrogen and oxygen atoms in total. The summed E-state index contributed by atoms with van der Waals surface area (Å²) in [5.41, 5.74) is 1.70. The Hall–Kier alpha value is -1.07. The molecule has 3 rings (SSSR count). The average molecular weight is 326 g/mol. The zero-order valence-corrected chi connectivity index (χ0v) is 11.7. The highest BCUT2D eigenvalue weighted by atomic mass is 79.9. The fourth-order valence-electron chi connectivity index (χ4n) is 2.30. The summed E-state index contributed by atoms with van der Waals surface area (Å²) in [6, 6.07) is 6.47. The van der Waals surface area contributed by atoms with Crippen LogP contribution in [-0.4, -0.2) is 10.8 Å². The van der Waals surface area contributed by atoms with Crippen molar-refractivity contribution >= 4 is 33.0 Å². The van der Waals surface area contributed by atoms with E-state index in [1.165, 1.54) is 23.5 Å². The van der Waals surface area contributed by atoms with Crippen molar-refractivity contribution in [3.05, 3.63) is 50.1 Å². The SMILES string of the molecule is O=C1CC(c2cccc(F)c2)Cc2nc(Br)sc21. The van der Waals surface area contributed by atoms with Crippen LogP contribution in [0, 0.1) is 5.82 Å². The van der Waals surface area contributed by atoms with E-state index in [1.807, 2.05) is 6.07 Å². The van der Waals surface area contributed by atoms with Gasteiger partial charge >= 0.3 is 0 Å². The number of benzene rings is 1. The molecule has 1 aliphatic carbocycles. The van der Waals surface area contributed by atoms with Crippen molar-refractivity contribution in [3.8, 4) is 0 Å². The summed E-state index contributed by atoms with van der Waals surface area (Å²) in [7, 11) is 0. The maximum Gasteiger partial charge on any atom is 0.175 e. The van der Waals surface area contributed by atoms with Crippen LogP contribution in [-0.2, 0) is 6.42 Å². The minimum atomic E-state index is -0.259. The van der Waals surface area contributed by atoms with Crippen molar-refractivity contribution in [1.29, 1.82) is 0 Å². The number of carbonyl (C=O) groups excluding carboxylic acids is 1. The number of Topliss-reactive ketones (excluding diaryl/α,β-unsaturated/α-hetero) is 1. The molecule has 1 heterocycles. The molecule has 1 aliphatic rings. The first-order valence-electron chi connectivity index (χ1n) is 5.57. The second-order valence-electron chi connectivity index (χ2n) is 4.33. The Morgan fingerprint density at radius 2 is 2.22 bits per heavy atom. The Morgan fingerprint density at radius 1 is 1.39 bits per heavy atom.